The second kappa shape index (κ2) is 5.71. The molecule has 3 rings (SSSR count). The zero-order valence-electron chi connectivity index (χ0n) is 12.6. The molecule has 3 fully saturated rings. The van der Waals surface area contributed by atoms with Crippen LogP contribution in [0.5, 0.6) is 0 Å². The normalized spacial score (nSPS) is 34.3. The fourth-order valence-corrected chi connectivity index (χ4v) is 4.22. The number of likely N-dealkylation sites (tertiary alicyclic amines) is 1. The minimum Gasteiger partial charge on any atom is -0.329 e. The highest BCUT2D eigenvalue weighted by Crippen LogP contribution is 2.36. The van der Waals surface area contributed by atoms with Crippen LogP contribution in [0.15, 0.2) is 0 Å². The van der Waals surface area contributed by atoms with Crippen LogP contribution in [-0.4, -0.2) is 54.6 Å². The first-order valence-corrected chi connectivity index (χ1v) is 8.39. The summed E-state index contributed by atoms with van der Waals surface area (Å²) in [5.74, 6) is 0.928. The van der Waals surface area contributed by atoms with Crippen molar-refractivity contribution in [3.63, 3.8) is 0 Å². The molecule has 2 aliphatic carbocycles. The largest absolute Gasteiger partial charge is 0.329 e. The van der Waals surface area contributed by atoms with E-state index >= 15 is 0 Å². The van der Waals surface area contributed by atoms with Crippen molar-refractivity contribution in [2.75, 3.05) is 33.2 Å². The molecule has 3 nitrogen and oxygen atoms in total. The van der Waals surface area contributed by atoms with Crippen LogP contribution in [0.4, 0.5) is 0 Å². The lowest BCUT2D eigenvalue weighted by molar-refractivity contribution is 0.0987. The minimum absolute atomic E-state index is 0.278. The molecule has 1 heterocycles. The van der Waals surface area contributed by atoms with Gasteiger partial charge in [-0.05, 0) is 45.1 Å². The van der Waals surface area contributed by atoms with Gasteiger partial charge < -0.3 is 5.73 Å². The summed E-state index contributed by atoms with van der Waals surface area (Å²) < 4.78 is 0. The van der Waals surface area contributed by atoms with E-state index in [1.807, 2.05) is 0 Å². The van der Waals surface area contributed by atoms with Crippen molar-refractivity contribution in [1.29, 1.82) is 0 Å². The number of hydrogen-bond acceptors (Lipinski definition) is 3. The zero-order chi connectivity index (χ0) is 13.3. The quantitative estimate of drug-likeness (QED) is 0.826. The third-order valence-corrected chi connectivity index (χ3v) is 5.87. The predicted octanol–water partition coefficient (Wildman–Crippen LogP) is 2.06. The molecule has 0 bridgehead atoms. The molecular formula is C16H31N3. The van der Waals surface area contributed by atoms with E-state index in [0.717, 1.165) is 18.5 Å². The van der Waals surface area contributed by atoms with Gasteiger partial charge in [-0.1, -0.05) is 19.3 Å². The van der Waals surface area contributed by atoms with Crippen LogP contribution in [-0.2, 0) is 0 Å². The maximum absolute atomic E-state index is 6.19. The highest BCUT2D eigenvalue weighted by atomic mass is 15.3. The summed E-state index contributed by atoms with van der Waals surface area (Å²) in [6, 6.07) is 0.900. The molecule has 0 amide bonds. The predicted molar refractivity (Wildman–Crippen MR) is 80.2 cm³/mol. The summed E-state index contributed by atoms with van der Waals surface area (Å²) in [7, 11) is 2.33. The Morgan fingerprint density at radius 2 is 1.89 bits per heavy atom. The second-order valence-electron chi connectivity index (χ2n) is 7.26. The van der Waals surface area contributed by atoms with Crippen LogP contribution in [0.3, 0.4) is 0 Å². The first-order chi connectivity index (χ1) is 9.23. The van der Waals surface area contributed by atoms with Gasteiger partial charge in [0, 0.05) is 37.8 Å². The second-order valence-corrected chi connectivity index (χ2v) is 7.26. The molecule has 2 saturated carbocycles. The Bertz CT molecular complexity index is 296. The lowest BCUT2D eigenvalue weighted by Crippen LogP contribution is -2.55. The smallest absolute Gasteiger partial charge is 0.0467 e. The number of nitrogens with zero attached hydrogens (tertiary/aromatic N) is 2. The first-order valence-electron chi connectivity index (χ1n) is 8.39. The summed E-state index contributed by atoms with van der Waals surface area (Å²) in [6.45, 7) is 4.60. The number of rotatable bonds is 5. The standard InChI is InChI=1S/C16H31N3/c1-18(11-14-5-3-2-4-6-14)16(12-17)9-10-19(13-16)15-7-8-15/h14-15H,2-13,17H2,1H3. The average Bonchev–Trinajstić information content (AvgIpc) is 3.19. The Hall–Kier alpha value is -0.120. The molecule has 0 spiro atoms. The molecule has 0 aromatic carbocycles. The molecule has 19 heavy (non-hydrogen) atoms. The molecule has 1 aliphatic heterocycles. The van der Waals surface area contributed by atoms with Crippen LogP contribution in [0, 0.1) is 5.92 Å². The third-order valence-electron chi connectivity index (χ3n) is 5.87. The summed E-state index contributed by atoms with van der Waals surface area (Å²) in [5.41, 5.74) is 6.47. The highest BCUT2D eigenvalue weighted by Gasteiger charge is 2.44. The van der Waals surface area contributed by atoms with Crippen LogP contribution < -0.4 is 5.73 Å². The molecule has 1 saturated heterocycles. The number of hydrogen-bond donors (Lipinski definition) is 1. The van der Waals surface area contributed by atoms with Crippen molar-refractivity contribution in [3.05, 3.63) is 0 Å². The molecule has 2 N–H and O–H groups in total. The lowest BCUT2D eigenvalue weighted by atomic mass is 9.87. The molecule has 1 atom stereocenters. The van der Waals surface area contributed by atoms with E-state index in [0.29, 0.717) is 0 Å². The third kappa shape index (κ3) is 2.98. The lowest BCUT2D eigenvalue weighted by Gasteiger charge is -2.40. The van der Waals surface area contributed by atoms with Crippen molar-refractivity contribution in [1.82, 2.24) is 9.80 Å². The van der Waals surface area contributed by atoms with E-state index in [9.17, 15) is 0 Å². The van der Waals surface area contributed by atoms with Gasteiger partial charge in [-0.15, -0.1) is 0 Å². The van der Waals surface area contributed by atoms with Gasteiger partial charge in [0.2, 0.25) is 0 Å². The topological polar surface area (TPSA) is 32.5 Å². The molecule has 1 unspecified atom stereocenters. The monoisotopic (exact) mass is 265 g/mol. The minimum atomic E-state index is 0.278. The van der Waals surface area contributed by atoms with Gasteiger partial charge >= 0.3 is 0 Å². The zero-order valence-corrected chi connectivity index (χ0v) is 12.6. The van der Waals surface area contributed by atoms with E-state index in [1.54, 1.807) is 0 Å². The molecule has 110 valence electrons. The summed E-state index contributed by atoms with van der Waals surface area (Å²) in [6.07, 6.45) is 11.4. The van der Waals surface area contributed by atoms with Gasteiger partial charge in [0.15, 0.2) is 0 Å². The van der Waals surface area contributed by atoms with Gasteiger partial charge in [-0.25, -0.2) is 0 Å². The molecule has 3 aliphatic rings. The average molecular weight is 265 g/mol. The van der Waals surface area contributed by atoms with Gasteiger partial charge in [0.05, 0.1) is 0 Å². The van der Waals surface area contributed by atoms with Crippen LogP contribution in [0.2, 0.25) is 0 Å². The molecular weight excluding hydrogens is 234 g/mol. The molecule has 0 aromatic heterocycles. The number of nitrogens with two attached hydrogens (primary N) is 1. The highest BCUT2D eigenvalue weighted by molar-refractivity contribution is 5.03. The van der Waals surface area contributed by atoms with Gasteiger partial charge in [0.1, 0.15) is 0 Å². The van der Waals surface area contributed by atoms with E-state index < -0.39 is 0 Å². The van der Waals surface area contributed by atoms with E-state index in [1.165, 1.54) is 71.0 Å². The Balaban J connectivity index is 1.57. The molecule has 0 aromatic rings. The van der Waals surface area contributed by atoms with Gasteiger partial charge in [-0.3, -0.25) is 9.80 Å². The summed E-state index contributed by atoms with van der Waals surface area (Å²) in [5, 5.41) is 0. The SMILES string of the molecule is CN(CC1CCCCC1)C1(CN)CCN(C2CC2)C1. The summed E-state index contributed by atoms with van der Waals surface area (Å²) >= 11 is 0. The van der Waals surface area contributed by atoms with Crippen molar-refractivity contribution in [2.24, 2.45) is 11.7 Å². The fourth-order valence-electron chi connectivity index (χ4n) is 4.22. The van der Waals surface area contributed by atoms with Gasteiger partial charge in [-0.2, -0.15) is 0 Å². The Morgan fingerprint density at radius 3 is 2.53 bits per heavy atom. The van der Waals surface area contributed by atoms with Crippen LogP contribution in [0.25, 0.3) is 0 Å². The maximum Gasteiger partial charge on any atom is 0.0467 e. The van der Waals surface area contributed by atoms with Gasteiger partial charge in [0.25, 0.3) is 0 Å². The maximum atomic E-state index is 6.19. The Kier molecular flexibility index (Phi) is 4.16. The number of likely N-dealkylation sites (N-methyl/N-ethyl adjacent to an activating group) is 1. The van der Waals surface area contributed by atoms with E-state index in [4.69, 9.17) is 5.73 Å². The molecule has 3 heteroatoms. The van der Waals surface area contributed by atoms with Crippen LogP contribution >= 0.6 is 0 Å². The van der Waals surface area contributed by atoms with Crippen LogP contribution in [0.1, 0.15) is 51.4 Å². The van der Waals surface area contributed by atoms with E-state index in [2.05, 4.69) is 16.8 Å². The van der Waals surface area contributed by atoms with Crippen molar-refractivity contribution in [3.8, 4) is 0 Å². The molecule has 0 radical (unpaired) electrons. The Morgan fingerprint density at radius 1 is 1.16 bits per heavy atom. The van der Waals surface area contributed by atoms with Crippen molar-refractivity contribution < 1.29 is 0 Å². The fraction of sp³-hybridized carbons (Fsp3) is 1.00. The summed E-state index contributed by atoms with van der Waals surface area (Å²) in [4.78, 5) is 5.33. The van der Waals surface area contributed by atoms with E-state index in [-0.39, 0.29) is 5.54 Å². The first kappa shape index (κ1) is 13.8. The van der Waals surface area contributed by atoms with Crippen molar-refractivity contribution >= 4 is 0 Å². The van der Waals surface area contributed by atoms with Crippen molar-refractivity contribution in [2.45, 2.75) is 62.9 Å². The Labute approximate surface area is 118 Å².